The summed E-state index contributed by atoms with van der Waals surface area (Å²) in [6.45, 7) is 4.50. The summed E-state index contributed by atoms with van der Waals surface area (Å²) in [5, 5.41) is 9.72. The maximum atomic E-state index is 12.3. The quantitative estimate of drug-likeness (QED) is 0.637. The summed E-state index contributed by atoms with van der Waals surface area (Å²) in [6.07, 6.45) is 0. The normalized spacial score (nSPS) is 10.4. The maximum Gasteiger partial charge on any atom is 0.342 e. The van der Waals surface area contributed by atoms with Crippen LogP contribution >= 0.6 is 0 Å². The van der Waals surface area contributed by atoms with Gasteiger partial charge >= 0.3 is 11.9 Å². The number of benzene rings is 1. The van der Waals surface area contributed by atoms with Crippen LogP contribution in [0.4, 0.5) is 0 Å². The van der Waals surface area contributed by atoms with Crippen molar-refractivity contribution in [3.63, 3.8) is 0 Å². The number of carbonyl (C=O) groups excluding carboxylic acids is 3. The Labute approximate surface area is 144 Å². The van der Waals surface area contributed by atoms with E-state index in [4.69, 9.17) is 4.74 Å². The standard InChI is InChI=1S/C18H19NO6/c1-9-5-6-13(20)12(7-9)17(22)25-8-14(21)16-10(2)15(11(3)19-16)18(23)24-4/h5-7,19-20H,8H2,1-4H3. The van der Waals surface area contributed by atoms with E-state index in [0.29, 0.717) is 11.3 Å². The first-order chi connectivity index (χ1) is 11.8. The lowest BCUT2D eigenvalue weighted by atomic mass is 10.1. The van der Waals surface area contributed by atoms with E-state index < -0.39 is 24.3 Å². The highest BCUT2D eigenvalue weighted by Crippen LogP contribution is 2.21. The van der Waals surface area contributed by atoms with Crippen LogP contribution in [0.3, 0.4) is 0 Å². The number of Topliss-reactive ketones (excluding diaryl/α,β-unsaturated/α-hetero) is 1. The number of aromatic nitrogens is 1. The molecule has 2 rings (SSSR count). The van der Waals surface area contributed by atoms with Gasteiger partial charge in [-0.1, -0.05) is 11.6 Å². The third-order valence-corrected chi connectivity index (χ3v) is 3.81. The summed E-state index contributed by atoms with van der Waals surface area (Å²) in [5.41, 5.74) is 2.16. The number of hydrogen-bond donors (Lipinski definition) is 2. The second-order valence-corrected chi connectivity index (χ2v) is 5.64. The van der Waals surface area contributed by atoms with Crippen LogP contribution in [0.5, 0.6) is 5.75 Å². The Balaban J connectivity index is 2.14. The minimum Gasteiger partial charge on any atom is -0.507 e. The highest BCUT2D eigenvalue weighted by atomic mass is 16.5. The molecule has 0 saturated carbocycles. The Morgan fingerprint density at radius 3 is 2.44 bits per heavy atom. The van der Waals surface area contributed by atoms with E-state index in [1.165, 1.54) is 19.2 Å². The van der Waals surface area contributed by atoms with Gasteiger partial charge in [-0.15, -0.1) is 0 Å². The van der Waals surface area contributed by atoms with Crippen LogP contribution in [-0.2, 0) is 9.47 Å². The van der Waals surface area contributed by atoms with Crippen LogP contribution in [0.1, 0.15) is 48.0 Å². The molecule has 0 atom stereocenters. The maximum absolute atomic E-state index is 12.3. The Morgan fingerprint density at radius 1 is 1.12 bits per heavy atom. The van der Waals surface area contributed by atoms with Crippen molar-refractivity contribution in [2.75, 3.05) is 13.7 Å². The van der Waals surface area contributed by atoms with Crippen molar-refractivity contribution in [3.05, 3.63) is 51.8 Å². The number of aromatic amines is 1. The molecule has 1 aromatic heterocycles. The fraction of sp³-hybridized carbons (Fsp3) is 0.278. The smallest absolute Gasteiger partial charge is 0.342 e. The first kappa shape index (κ1) is 18.3. The molecule has 0 amide bonds. The number of H-pyrrole nitrogens is 1. The Hall–Kier alpha value is -3.09. The summed E-state index contributed by atoms with van der Waals surface area (Å²) in [7, 11) is 1.26. The molecule has 0 unspecified atom stereocenters. The van der Waals surface area contributed by atoms with E-state index in [1.807, 2.05) is 0 Å². The number of esters is 2. The number of ether oxygens (including phenoxy) is 2. The summed E-state index contributed by atoms with van der Waals surface area (Å²) >= 11 is 0. The van der Waals surface area contributed by atoms with Gasteiger partial charge < -0.3 is 19.6 Å². The van der Waals surface area contributed by atoms with Gasteiger partial charge in [0.25, 0.3) is 0 Å². The van der Waals surface area contributed by atoms with Gasteiger partial charge in [0.05, 0.1) is 18.4 Å². The Kier molecular flexibility index (Phi) is 5.26. The van der Waals surface area contributed by atoms with E-state index in [9.17, 15) is 19.5 Å². The SMILES string of the molecule is COC(=O)c1c(C)[nH]c(C(=O)COC(=O)c2cc(C)ccc2O)c1C. The van der Waals surface area contributed by atoms with Crippen molar-refractivity contribution in [1.29, 1.82) is 0 Å². The van der Waals surface area contributed by atoms with Gasteiger partial charge in [0.1, 0.15) is 11.3 Å². The summed E-state index contributed by atoms with van der Waals surface area (Å²) in [5.74, 6) is -2.06. The highest BCUT2D eigenvalue weighted by molar-refractivity contribution is 6.03. The topological polar surface area (TPSA) is 106 Å². The predicted molar refractivity (Wildman–Crippen MR) is 89.1 cm³/mol. The molecule has 0 bridgehead atoms. The summed E-state index contributed by atoms with van der Waals surface area (Å²) in [6, 6.07) is 4.51. The number of aryl methyl sites for hydroxylation is 2. The van der Waals surface area contributed by atoms with Gasteiger partial charge in [-0.25, -0.2) is 9.59 Å². The average Bonchev–Trinajstić information content (AvgIpc) is 2.88. The number of nitrogens with one attached hydrogen (secondary N) is 1. The lowest BCUT2D eigenvalue weighted by Gasteiger charge is -2.07. The zero-order chi connectivity index (χ0) is 18.7. The molecular formula is C18H19NO6. The van der Waals surface area contributed by atoms with Crippen LogP contribution in [0.25, 0.3) is 0 Å². The van der Waals surface area contributed by atoms with E-state index >= 15 is 0 Å². The number of ketones is 1. The molecule has 1 aromatic carbocycles. The summed E-state index contributed by atoms with van der Waals surface area (Å²) < 4.78 is 9.67. The molecule has 7 nitrogen and oxygen atoms in total. The summed E-state index contributed by atoms with van der Waals surface area (Å²) in [4.78, 5) is 38.9. The lowest BCUT2D eigenvalue weighted by Crippen LogP contribution is -2.16. The second kappa shape index (κ2) is 7.21. The zero-order valence-corrected chi connectivity index (χ0v) is 14.4. The molecule has 2 N–H and O–H groups in total. The van der Waals surface area contributed by atoms with Crippen LogP contribution in [0.15, 0.2) is 18.2 Å². The lowest BCUT2D eigenvalue weighted by molar-refractivity contribution is 0.0470. The third-order valence-electron chi connectivity index (χ3n) is 3.81. The molecule has 0 radical (unpaired) electrons. The fourth-order valence-electron chi connectivity index (χ4n) is 2.53. The van der Waals surface area contributed by atoms with Crippen LogP contribution in [0.2, 0.25) is 0 Å². The van der Waals surface area contributed by atoms with Crippen molar-refractivity contribution in [3.8, 4) is 5.75 Å². The number of rotatable bonds is 5. The van der Waals surface area contributed by atoms with Crippen LogP contribution in [-0.4, -0.2) is 41.5 Å². The molecule has 0 aliphatic carbocycles. The van der Waals surface area contributed by atoms with Crippen molar-refractivity contribution in [2.24, 2.45) is 0 Å². The average molecular weight is 345 g/mol. The van der Waals surface area contributed by atoms with Crippen molar-refractivity contribution < 1.29 is 29.0 Å². The van der Waals surface area contributed by atoms with Gasteiger partial charge in [-0.05, 0) is 38.5 Å². The first-order valence-electron chi connectivity index (χ1n) is 7.53. The molecule has 132 valence electrons. The van der Waals surface area contributed by atoms with E-state index in [1.54, 1.807) is 26.8 Å². The third kappa shape index (κ3) is 3.71. The van der Waals surface area contributed by atoms with Crippen molar-refractivity contribution >= 4 is 17.7 Å². The van der Waals surface area contributed by atoms with Gasteiger partial charge in [-0.2, -0.15) is 0 Å². The highest BCUT2D eigenvalue weighted by Gasteiger charge is 2.23. The zero-order valence-electron chi connectivity index (χ0n) is 14.4. The van der Waals surface area contributed by atoms with Gasteiger partial charge in [0.2, 0.25) is 5.78 Å². The first-order valence-corrected chi connectivity index (χ1v) is 7.53. The number of hydrogen-bond acceptors (Lipinski definition) is 6. The number of phenolic OH excluding ortho intramolecular Hbond substituents is 1. The minimum atomic E-state index is -0.802. The molecule has 7 heteroatoms. The molecule has 0 spiro atoms. The molecule has 25 heavy (non-hydrogen) atoms. The van der Waals surface area contributed by atoms with Crippen molar-refractivity contribution in [2.45, 2.75) is 20.8 Å². The number of methoxy groups -OCH3 is 1. The molecule has 0 fully saturated rings. The van der Waals surface area contributed by atoms with E-state index in [-0.39, 0.29) is 22.6 Å². The minimum absolute atomic E-state index is 0.0116. The fourth-order valence-corrected chi connectivity index (χ4v) is 2.53. The number of aromatic hydroxyl groups is 1. The molecule has 2 aromatic rings. The molecule has 0 aliphatic heterocycles. The van der Waals surface area contributed by atoms with E-state index in [2.05, 4.69) is 9.72 Å². The van der Waals surface area contributed by atoms with Gasteiger partial charge in [0.15, 0.2) is 6.61 Å². The largest absolute Gasteiger partial charge is 0.507 e. The van der Waals surface area contributed by atoms with Crippen LogP contribution in [0, 0.1) is 20.8 Å². The molecular weight excluding hydrogens is 326 g/mol. The molecule has 1 heterocycles. The van der Waals surface area contributed by atoms with Crippen LogP contribution < -0.4 is 0 Å². The Bertz CT molecular complexity index is 849. The van der Waals surface area contributed by atoms with Gasteiger partial charge in [-0.3, -0.25) is 4.79 Å². The second-order valence-electron chi connectivity index (χ2n) is 5.64. The van der Waals surface area contributed by atoms with Crippen molar-refractivity contribution in [1.82, 2.24) is 4.98 Å². The molecule has 0 aliphatic rings. The molecule has 0 saturated heterocycles. The van der Waals surface area contributed by atoms with Gasteiger partial charge in [0, 0.05) is 5.69 Å². The Morgan fingerprint density at radius 2 is 1.80 bits per heavy atom. The number of carbonyl (C=O) groups is 3. The number of phenols is 1. The predicted octanol–water partition coefficient (Wildman–Crippen LogP) is 2.47. The van der Waals surface area contributed by atoms with E-state index in [0.717, 1.165) is 5.56 Å². The monoisotopic (exact) mass is 345 g/mol.